The molecule has 0 saturated carbocycles. The highest BCUT2D eigenvalue weighted by Crippen LogP contribution is 2.18. The standard InChI is InChI=1S/C18H25N3O5/c1-4-12-26-18(24)20-10-7-6-8-15(20)19-21-11-9-14(22)13(3)16(21)17(23)25-5-2/h4,9,11,15,19H,1,5-8,10,12H2,2-3H3. The molecule has 0 bridgehead atoms. The van der Waals surface area contributed by atoms with Crippen LogP contribution in [-0.4, -0.2) is 47.6 Å². The van der Waals surface area contributed by atoms with Crippen LogP contribution in [0.25, 0.3) is 0 Å². The van der Waals surface area contributed by atoms with Crippen LogP contribution in [0.1, 0.15) is 42.2 Å². The van der Waals surface area contributed by atoms with Crippen LogP contribution in [0.5, 0.6) is 0 Å². The van der Waals surface area contributed by atoms with Crippen molar-refractivity contribution < 1.29 is 19.1 Å². The van der Waals surface area contributed by atoms with Crippen LogP contribution in [0, 0.1) is 6.92 Å². The summed E-state index contributed by atoms with van der Waals surface area (Å²) in [5, 5.41) is 0. The van der Waals surface area contributed by atoms with Crippen molar-refractivity contribution in [1.82, 2.24) is 9.58 Å². The van der Waals surface area contributed by atoms with E-state index in [1.165, 1.54) is 23.0 Å². The molecule has 0 radical (unpaired) electrons. The maximum atomic E-state index is 12.3. The van der Waals surface area contributed by atoms with Gasteiger partial charge in [-0.2, -0.15) is 0 Å². The Labute approximate surface area is 152 Å². The molecule has 142 valence electrons. The molecule has 1 aromatic rings. The number of hydrogen-bond acceptors (Lipinski definition) is 6. The summed E-state index contributed by atoms with van der Waals surface area (Å²) >= 11 is 0. The molecule has 1 fully saturated rings. The van der Waals surface area contributed by atoms with Crippen molar-refractivity contribution in [2.75, 3.05) is 25.2 Å². The number of nitrogens with zero attached hydrogens (tertiary/aromatic N) is 2. The molecule has 1 amide bonds. The molecule has 1 unspecified atom stereocenters. The molecule has 8 nitrogen and oxygen atoms in total. The zero-order valence-electron chi connectivity index (χ0n) is 15.2. The van der Waals surface area contributed by atoms with Gasteiger partial charge in [-0.15, -0.1) is 0 Å². The van der Waals surface area contributed by atoms with Gasteiger partial charge in [-0.25, -0.2) is 9.59 Å². The molecule has 8 heteroatoms. The quantitative estimate of drug-likeness (QED) is 0.614. The summed E-state index contributed by atoms with van der Waals surface area (Å²) in [5.41, 5.74) is 3.30. The number of piperidine rings is 1. The van der Waals surface area contributed by atoms with E-state index in [2.05, 4.69) is 12.0 Å². The Bertz CT molecular complexity index is 728. The second-order valence-electron chi connectivity index (χ2n) is 5.94. The number of pyridine rings is 1. The highest BCUT2D eigenvalue weighted by Gasteiger charge is 2.29. The first-order valence-corrected chi connectivity index (χ1v) is 8.69. The van der Waals surface area contributed by atoms with Crippen molar-refractivity contribution in [3.63, 3.8) is 0 Å². The van der Waals surface area contributed by atoms with E-state index >= 15 is 0 Å². The number of amides is 1. The summed E-state index contributed by atoms with van der Waals surface area (Å²) in [4.78, 5) is 38.1. The minimum absolute atomic E-state index is 0.129. The van der Waals surface area contributed by atoms with Gasteiger partial charge < -0.3 is 14.9 Å². The molecular weight excluding hydrogens is 338 g/mol. The van der Waals surface area contributed by atoms with Crippen LogP contribution in [-0.2, 0) is 9.47 Å². The first kappa shape index (κ1) is 19.6. The second-order valence-corrected chi connectivity index (χ2v) is 5.94. The van der Waals surface area contributed by atoms with Crippen LogP contribution in [0.4, 0.5) is 4.79 Å². The zero-order chi connectivity index (χ0) is 19.1. The third-order valence-electron chi connectivity index (χ3n) is 4.16. The fraction of sp³-hybridized carbons (Fsp3) is 0.500. The predicted octanol–water partition coefficient (Wildman–Crippen LogP) is 2.01. The summed E-state index contributed by atoms with van der Waals surface area (Å²) in [6.07, 6.45) is 4.66. The van der Waals surface area contributed by atoms with Crippen LogP contribution in [0.2, 0.25) is 0 Å². The molecule has 1 aromatic heterocycles. The van der Waals surface area contributed by atoms with Gasteiger partial charge in [-0.05, 0) is 33.1 Å². The van der Waals surface area contributed by atoms with Gasteiger partial charge in [-0.1, -0.05) is 12.7 Å². The number of carbonyl (C=O) groups is 2. The lowest BCUT2D eigenvalue weighted by molar-refractivity contribution is 0.0511. The van der Waals surface area contributed by atoms with E-state index in [1.807, 2.05) is 0 Å². The number of aromatic nitrogens is 1. The summed E-state index contributed by atoms with van der Waals surface area (Å²) in [5.74, 6) is -0.591. The first-order chi connectivity index (χ1) is 12.5. The minimum Gasteiger partial charge on any atom is -0.461 e. The Kier molecular flexibility index (Phi) is 6.82. The molecular formula is C18H25N3O5. The summed E-state index contributed by atoms with van der Waals surface area (Å²) in [6, 6.07) is 1.37. The molecule has 0 aliphatic carbocycles. The van der Waals surface area contributed by atoms with Crippen molar-refractivity contribution in [3.8, 4) is 0 Å². The molecule has 2 heterocycles. The number of hydrogen-bond donors (Lipinski definition) is 1. The zero-order valence-corrected chi connectivity index (χ0v) is 15.2. The molecule has 0 spiro atoms. The number of esters is 1. The molecule has 26 heavy (non-hydrogen) atoms. The van der Waals surface area contributed by atoms with Crippen LogP contribution < -0.4 is 10.9 Å². The average molecular weight is 363 g/mol. The third kappa shape index (κ3) is 4.44. The normalized spacial score (nSPS) is 16.7. The van der Waals surface area contributed by atoms with Crippen molar-refractivity contribution in [1.29, 1.82) is 0 Å². The number of ether oxygens (including phenoxy) is 2. The lowest BCUT2D eigenvalue weighted by Gasteiger charge is -2.36. The number of rotatable bonds is 6. The Hall–Kier alpha value is -2.77. The van der Waals surface area contributed by atoms with E-state index in [9.17, 15) is 14.4 Å². The van der Waals surface area contributed by atoms with Crippen molar-refractivity contribution >= 4 is 12.1 Å². The van der Waals surface area contributed by atoms with E-state index in [0.29, 0.717) is 13.0 Å². The van der Waals surface area contributed by atoms with Crippen LogP contribution in [0.3, 0.4) is 0 Å². The van der Waals surface area contributed by atoms with Gasteiger partial charge in [0.05, 0.1) is 6.61 Å². The van der Waals surface area contributed by atoms with Gasteiger partial charge in [0.15, 0.2) is 11.1 Å². The monoisotopic (exact) mass is 363 g/mol. The maximum Gasteiger partial charge on any atom is 0.411 e. The van der Waals surface area contributed by atoms with Gasteiger partial charge in [-0.3, -0.25) is 14.4 Å². The van der Waals surface area contributed by atoms with Crippen LogP contribution in [0.15, 0.2) is 29.7 Å². The lowest BCUT2D eigenvalue weighted by Crippen LogP contribution is -2.51. The van der Waals surface area contributed by atoms with Crippen LogP contribution >= 0.6 is 0 Å². The van der Waals surface area contributed by atoms with E-state index in [0.717, 1.165) is 12.8 Å². The molecule has 1 N–H and O–H groups in total. The van der Waals surface area contributed by atoms with Gasteiger partial charge in [0, 0.05) is 24.4 Å². The van der Waals surface area contributed by atoms with E-state index < -0.39 is 12.1 Å². The topological polar surface area (TPSA) is 89.9 Å². The molecule has 1 saturated heterocycles. The maximum absolute atomic E-state index is 12.3. The van der Waals surface area contributed by atoms with Gasteiger partial charge in [0.1, 0.15) is 12.8 Å². The predicted molar refractivity (Wildman–Crippen MR) is 96.6 cm³/mol. The Balaban J connectivity index is 2.28. The first-order valence-electron chi connectivity index (χ1n) is 8.69. The SMILES string of the molecule is C=CCOC(=O)N1CCCCC1Nn1ccc(=O)c(C)c1C(=O)OCC. The number of carbonyl (C=O) groups excluding carboxylic acids is 2. The highest BCUT2D eigenvalue weighted by atomic mass is 16.6. The largest absolute Gasteiger partial charge is 0.461 e. The molecule has 2 rings (SSSR count). The lowest BCUT2D eigenvalue weighted by atomic mass is 10.1. The van der Waals surface area contributed by atoms with Gasteiger partial charge in [0.25, 0.3) is 0 Å². The third-order valence-corrected chi connectivity index (χ3v) is 4.16. The van der Waals surface area contributed by atoms with E-state index in [4.69, 9.17) is 9.47 Å². The smallest absolute Gasteiger partial charge is 0.411 e. The fourth-order valence-electron chi connectivity index (χ4n) is 2.86. The van der Waals surface area contributed by atoms with Gasteiger partial charge in [0.2, 0.25) is 0 Å². The molecule has 1 aliphatic rings. The molecule has 1 aliphatic heterocycles. The van der Waals surface area contributed by atoms with Crippen molar-refractivity contribution in [2.24, 2.45) is 0 Å². The number of nitrogens with one attached hydrogen (secondary N) is 1. The fourth-order valence-corrected chi connectivity index (χ4v) is 2.86. The number of likely N-dealkylation sites (tertiary alicyclic amines) is 1. The minimum atomic E-state index is -0.591. The van der Waals surface area contributed by atoms with Gasteiger partial charge >= 0.3 is 12.1 Å². The Morgan fingerprint density at radius 2 is 2.15 bits per heavy atom. The Morgan fingerprint density at radius 1 is 1.38 bits per heavy atom. The van der Waals surface area contributed by atoms with E-state index in [-0.39, 0.29) is 36.1 Å². The summed E-state index contributed by atoms with van der Waals surface area (Å²) < 4.78 is 11.7. The van der Waals surface area contributed by atoms with Crippen molar-refractivity contribution in [3.05, 3.63) is 46.4 Å². The Morgan fingerprint density at radius 3 is 2.85 bits per heavy atom. The molecule has 1 atom stereocenters. The van der Waals surface area contributed by atoms with Crippen molar-refractivity contribution in [2.45, 2.75) is 39.3 Å². The van der Waals surface area contributed by atoms with E-state index in [1.54, 1.807) is 18.7 Å². The summed E-state index contributed by atoms with van der Waals surface area (Å²) in [6.45, 7) is 7.68. The summed E-state index contributed by atoms with van der Waals surface area (Å²) in [7, 11) is 0. The second kappa shape index (κ2) is 9.07. The molecule has 0 aromatic carbocycles. The average Bonchev–Trinajstić information content (AvgIpc) is 2.63. The highest BCUT2D eigenvalue weighted by molar-refractivity contribution is 5.89.